The number of hydrogen-bond acceptors (Lipinski definition) is 2. The summed E-state index contributed by atoms with van der Waals surface area (Å²) in [7, 11) is 0. The van der Waals surface area contributed by atoms with E-state index in [0.717, 1.165) is 12.3 Å². The number of primary amides is 2. The SMILES string of the molecule is NC(=O)c1c(F)ccn1C(N)=O. The fourth-order valence-corrected chi connectivity index (χ4v) is 0.829. The molecule has 1 heterocycles. The second-order valence-corrected chi connectivity index (χ2v) is 2.08. The minimum Gasteiger partial charge on any atom is -0.364 e. The van der Waals surface area contributed by atoms with Crippen LogP contribution in [0.1, 0.15) is 10.5 Å². The average Bonchev–Trinajstić information content (AvgIpc) is 2.30. The third kappa shape index (κ3) is 1.14. The fraction of sp³-hybridized carbons (Fsp3) is 0. The van der Waals surface area contributed by atoms with Gasteiger partial charge in [0.2, 0.25) is 0 Å². The Kier molecular flexibility index (Phi) is 1.82. The number of nitrogens with two attached hydrogens (primary N) is 2. The summed E-state index contributed by atoms with van der Waals surface area (Å²) in [6, 6.07) is -0.0158. The lowest BCUT2D eigenvalue weighted by Gasteiger charge is -1.99. The highest BCUT2D eigenvalue weighted by molar-refractivity contribution is 5.95. The summed E-state index contributed by atoms with van der Waals surface area (Å²) in [6.07, 6.45) is 1.04. The molecule has 0 radical (unpaired) electrons. The van der Waals surface area contributed by atoms with Crippen molar-refractivity contribution in [2.75, 3.05) is 0 Å². The van der Waals surface area contributed by atoms with E-state index in [-0.39, 0.29) is 0 Å². The summed E-state index contributed by atoms with van der Waals surface area (Å²) in [5.74, 6) is -1.89. The third-order valence-corrected chi connectivity index (χ3v) is 1.31. The number of amides is 2. The molecule has 0 aliphatic rings. The molecule has 0 fully saturated rings. The molecule has 12 heavy (non-hydrogen) atoms. The molecule has 0 saturated heterocycles. The molecule has 1 rings (SSSR count). The van der Waals surface area contributed by atoms with Gasteiger partial charge in [-0.25, -0.2) is 9.18 Å². The van der Waals surface area contributed by atoms with Gasteiger partial charge in [-0.15, -0.1) is 0 Å². The summed E-state index contributed by atoms with van der Waals surface area (Å²) in [5.41, 5.74) is 9.08. The van der Waals surface area contributed by atoms with E-state index in [1.165, 1.54) is 0 Å². The molecule has 0 spiro atoms. The molecule has 1 aromatic heterocycles. The van der Waals surface area contributed by atoms with Crippen molar-refractivity contribution in [2.24, 2.45) is 11.5 Å². The van der Waals surface area contributed by atoms with Gasteiger partial charge in [-0.1, -0.05) is 0 Å². The van der Waals surface area contributed by atoms with Gasteiger partial charge in [0.15, 0.2) is 11.5 Å². The van der Waals surface area contributed by atoms with Crippen molar-refractivity contribution in [1.29, 1.82) is 0 Å². The Morgan fingerprint density at radius 1 is 1.42 bits per heavy atom. The average molecular weight is 171 g/mol. The molecule has 1 aromatic rings. The van der Waals surface area contributed by atoms with E-state index >= 15 is 0 Å². The highest BCUT2D eigenvalue weighted by atomic mass is 19.1. The van der Waals surface area contributed by atoms with Gasteiger partial charge in [0.1, 0.15) is 0 Å². The van der Waals surface area contributed by atoms with Gasteiger partial charge in [0, 0.05) is 6.20 Å². The first-order valence-electron chi connectivity index (χ1n) is 3.00. The van der Waals surface area contributed by atoms with Crippen molar-refractivity contribution in [2.45, 2.75) is 0 Å². The first-order valence-corrected chi connectivity index (χ1v) is 3.00. The van der Waals surface area contributed by atoms with Gasteiger partial charge >= 0.3 is 6.03 Å². The predicted molar refractivity (Wildman–Crippen MR) is 37.9 cm³/mol. The molecule has 0 bridgehead atoms. The Bertz CT molecular complexity index is 345. The standard InChI is InChI=1S/C6H6FN3O2/c7-3-1-2-10(6(9)12)4(3)5(8)11/h1-2H,(H2,8,11)(H2,9,12). The minimum absolute atomic E-state index is 0.525. The van der Waals surface area contributed by atoms with E-state index in [9.17, 15) is 14.0 Å². The first kappa shape index (κ1) is 8.25. The monoisotopic (exact) mass is 171 g/mol. The van der Waals surface area contributed by atoms with Crippen LogP contribution < -0.4 is 11.5 Å². The molecule has 0 atom stereocenters. The smallest absolute Gasteiger partial charge is 0.323 e. The first-order chi connectivity index (χ1) is 5.54. The molecule has 0 aliphatic heterocycles. The molecule has 64 valence electrons. The second-order valence-electron chi connectivity index (χ2n) is 2.08. The summed E-state index contributed by atoms with van der Waals surface area (Å²) >= 11 is 0. The Labute approximate surface area is 66.7 Å². The van der Waals surface area contributed by atoms with E-state index in [1.54, 1.807) is 0 Å². The maximum atomic E-state index is 12.7. The van der Waals surface area contributed by atoms with E-state index in [4.69, 9.17) is 11.5 Å². The van der Waals surface area contributed by atoms with Crippen LogP contribution in [-0.2, 0) is 0 Å². The molecule has 0 aromatic carbocycles. The topological polar surface area (TPSA) is 91.1 Å². The lowest BCUT2D eigenvalue weighted by molar-refractivity contribution is 0.0988. The van der Waals surface area contributed by atoms with Crippen LogP contribution >= 0.6 is 0 Å². The van der Waals surface area contributed by atoms with Crippen LogP contribution in [0.15, 0.2) is 12.3 Å². The van der Waals surface area contributed by atoms with E-state index in [0.29, 0.717) is 4.57 Å². The zero-order valence-electron chi connectivity index (χ0n) is 5.95. The summed E-state index contributed by atoms with van der Waals surface area (Å²) in [5, 5.41) is 0. The highest BCUT2D eigenvalue weighted by Crippen LogP contribution is 2.07. The molecule has 2 amide bonds. The number of hydrogen-bond donors (Lipinski definition) is 2. The lowest BCUT2D eigenvalue weighted by Crippen LogP contribution is -2.26. The number of aromatic nitrogens is 1. The molecule has 5 nitrogen and oxygen atoms in total. The van der Waals surface area contributed by atoms with Crippen LogP contribution in [-0.4, -0.2) is 16.5 Å². The molecular weight excluding hydrogens is 165 g/mol. The molecule has 0 aliphatic carbocycles. The van der Waals surface area contributed by atoms with Gasteiger partial charge in [-0.05, 0) is 6.07 Å². The zero-order chi connectivity index (χ0) is 9.30. The van der Waals surface area contributed by atoms with Crippen molar-refractivity contribution in [3.63, 3.8) is 0 Å². The van der Waals surface area contributed by atoms with Crippen molar-refractivity contribution in [3.8, 4) is 0 Å². The van der Waals surface area contributed by atoms with Gasteiger partial charge in [0.25, 0.3) is 5.91 Å². The maximum Gasteiger partial charge on any atom is 0.323 e. The fourth-order valence-electron chi connectivity index (χ4n) is 0.829. The Hall–Kier alpha value is -1.85. The molecule has 6 heteroatoms. The highest BCUT2D eigenvalue weighted by Gasteiger charge is 2.16. The van der Waals surface area contributed by atoms with Crippen LogP contribution in [0.5, 0.6) is 0 Å². The maximum absolute atomic E-state index is 12.7. The third-order valence-electron chi connectivity index (χ3n) is 1.31. The predicted octanol–water partition coefficient (Wildman–Crippen LogP) is -0.347. The zero-order valence-corrected chi connectivity index (χ0v) is 5.95. The van der Waals surface area contributed by atoms with Crippen molar-refractivity contribution >= 4 is 11.9 Å². The minimum atomic E-state index is -1.03. The summed E-state index contributed by atoms with van der Waals surface area (Å²) in [4.78, 5) is 21.1. The number of halogens is 1. The largest absolute Gasteiger partial charge is 0.364 e. The number of rotatable bonds is 1. The summed E-state index contributed by atoms with van der Waals surface area (Å²) < 4.78 is 13.3. The Morgan fingerprint density at radius 2 is 2.00 bits per heavy atom. The van der Waals surface area contributed by atoms with E-state index < -0.39 is 23.4 Å². The van der Waals surface area contributed by atoms with Gasteiger partial charge < -0.3 is 11.5 Å². The Morgan fingerprint density at radius 3 is 2.33 bits per heavy atom. The molecule has 0 saturated carbocycles. The summed E-state index contributed by atoms with van der Waals surface area (Å²) in [6.45, 7) is 0. The van der Waals surface area contributed by atoms with E-state index in [1.807, 2.05) is 0 Å². The van der Waals surface area contributed by atoms with Gasteiger partial charge in [-0.3, -0.25) is 9.36 Å². The van der Waals surface area contributed by atoms with Crippen molar-refractivity contribution in [1.82, 2.24) is 4.57 Å². The van der Waals surface area contributed by atoms with Gasteiger partial charge in [0.05, 0.1) is 0 Å². The quantitative estimate of drug-likeness (QED) is 0.604. The van der Waals surface area contributed by atoms with Crippen LogP contribution in [0.4, 0.5) is 9.18 Å². The van der Waals surface area contributed by atoms with Crippen LogP contribution in [0.3, 0.4) is 0 Å². The Balaban J connectivity index is 3.31. The van der Waals surface area contributed by atoms with Crippen LogP contribution in [0.25, 0.3) is 0 Å². The second kappa shape index (κ2) is 2.65. The van der Waals surface area contributed by atoms with Crippen molar-refractivity contribution < 1.29 is 14.0 Å². The van der Waals surface area contributed by atoms with E-state index in [2.05, 4.69) is 0 Å². The van der Waals surface area contributed by atoms with Crippen LogP contribution in [0.2, 0.25) is 0 Å². The van der Waals surface area contributed by atoms with Gasteiger partial charge in [-0.2, -0.15) is 0 Å². The molecule has 4 N–H and O–H groups in total. The molecular formula is C6H6FN3O2. The number of nitrogens with zero attached hydrogens (tertiary/aromatic N) is 1. The lowest BCUT2D eigenvalue weighted by atomic mass is 10.4. The normalized spacial score (nSPS) is 9.75. The molecule has 0 unspecified atom stereocenters. The number of carbonyl (C=O) groups excluding carboxylic acids is 2. The van der Waals surface area contributed by atoms with Crippen LogP contribution in [0, 0.1) is 5.82 Å². The number of carbonyl (C=O) groups is 2. The van der Waals surface area contributed by atoms with Crippen molar-refractivity contribution in [3.05, 3.63) is 23.8 Å².